The molecular weight excluding hydrogens is 192 g/mol. The van der Waals surface area contributed by atoms with Crippen molar-refractivity contribution >= 4 is 5.95 Å². The lowest BCUT2D eigenvalue weighted by atomic mass is 10.4. The fourth-order valence-electron chi connectivity index (χ4n) is 1.14. The third-order valence-electron chi connectivity index (χ3n) is 1.79. The van der Waals surface area contributed by atoms with Gasteiger partial charge in [0.05, 0.1) is 6.61 Å². The van der Waals surface area contributed by atoms with Gasteiger partial charge in [-0.1, -0.05) is 0 Å². The first-order chi connectivity index (χ1) is 7.26. The second-order valence-corrected chi connectivity index (χ2v) is 3.17. The molecule has 0 aliphatic rings. The van der Waals surface area contributed by atoms with Gasteiger partial charge in [0.2, 0.25) is 11.8 Å². The van der Waals surface area contributed by atoms with E-state index >= 15 is 0 Å². The molecule has 0 amide bonds. The maximum Gasteiger partial charge on any atom is 0.226 e. The summed E-state index contributed by atoms with van der Waals surface area (Å²) in [5, 5.41) is 3.10. The number of hydrogen-bond donors (Lipinski definition) is 2. The summed E-state index contributed by atoms with van der Waals surface area (Å²) >= 11 is 0. The Morgan fingerprint density at radius 2 is 2.27 bits per heavy atom. The highest BCUT2D eigenvalue weighted by atomic mass is 16.5. The molecule has 0 saturated carbocycles. The molecule has 0 saturated heterocycles. The molecule has 5 nitrogen and oxygen atoms in total. The molecule has 0 unspecified atom stereocenters. The van der Waals surface area contributed by atoms with Crippen molar-refractivity contribution in [2.45, 2.75) is 20.3 Å². The van der Waals surface area contributed by atoms with Crippen molar-refractivity contribution in [3.05, 3.63) is 11.8 Å². The number of rotatable bonds is 6. The fourth-order valence-corrected chi connectivity index (χ4v) is 1.14. The van der Waals surface area contributed by atoms with Crippen LogP contribution in [0.3, 0.4) is 0 Å². The number of hydrogen-bond acceptors (Lipinski definition) is 5. The number of aromatic nitrogens is 2. The van der Waals surface area contributed by atoms with Crippen molar-refractivity contribution in [1.29, 1.82) is 0 Å². The van der Waals surface area contributed by atoms with Crippen LogP contribution >= 0.6 is 0 Å². The van der Waals surface area contributed by atoms with Crippen LogP contribution in [0.4, 0.5) is 5.95 Å². The normalized spacial score (nSPS) is 10.1. The van der Waals surface area contributed by atoms with E-state index in [4.69, 9.17) is 10.5 Å². The van der Waals surface area contributed by atoms with Crippen molar-refractivity contribution in [2.24, 2.45) is 5.73 Å². The summed E-state index contributed by atoms with van der Waals surface area (Å²) in [6.45, 7) is 5.90. The van der Waals surface area contributed by atoms with Crippen LogP contribution in [0, 0.1) is 6.92 Å². The van der Waals surface area contributed by atoms with Gasteiger partial charge in [-0.15, -0.1) is 0 Å². The van der Waals surface area contributed by atoms with Crippen LogP contribution < -0.4 is 15.8 Å². The van der Waals surface area contributed by atoms with Crippen molar-refractivity contribution in [3.8, 4) is 5.88 Å². The molecule has 0 radical (unpaired) electrons. The Labute approximate surface area is 90.1 Å². The van der Waals surface area contributed by atoms with Crippen LogP contribution in [0.25, 0.3) is 0 Å². The summed E-state index contributed by atoms with van der Waals surface area (Å²) in [5.41, 5.74) is 6.29. The van der Waals surface area contributed by atoms with Crippen molar-refractivity contribution in [1.82, 2.24) is 9.97 Å². The fraction of sp³-hybridized carbons (Fsp3) is 0.600. The van der Waals surface area contributed by atoms with E-state index in [0.29, 0.717) is 25.0 Å². The molecule has 1 aromatic heterocycles. The van der Waals surface area contributed by atoms with E-state index < -0.39 is 0 Å². The third-order valence-corrected chi connectivity index (χ3v) is 1.79. The van der Waals surface area contributed by atoms with Gasteiger partial charge in [-0.05, 0) is 26.8 Å². The summed E-state index contributed by atoms with van der Waals surface area (Å²) in [5.74, 6) is 1.21. The minimum Gasteiger partial charge on any atom is -0.478 e. The summed E-state index contributed by atoms with van der Waals surface area (Å²) in [4.78, 5) is 8.45. The quantitative estimate of drug-likeness (QED) is 0.684. The molecule has 15 heavy (non-hydrogen) atoms. The molecule has 0 atom stereocenters. The third kappa shape index (κ3) is 4.12. The molecule has 0 aliphatic carbocycles. The molecule has 1 heterocycles. The van der Waals surface area contributed by atoms with Crippen LogP contribution in [0.1, 0.15) is 19.0 Å². The van der Waals surface area contributed by atoms with Crippen LogP contribution in [0.15, 0.2) is 6.07 Å². The molecule has 0 aromatic carbocycles. The summed E-state index contributed by atoms with van der Waals surface area (Å²) in [7, 11) is 0. The average Bonchev–Trinajstić information content (AvgIpc) is 2.18. The van der Waals surface area contributed by atoms with E-state index in [0.717, 1.165) is 18.7 Å². The molecule has 1 rings (SSSR count). The predicted octanol–water partition coefficient (Wildman–Crippen LogP) is 0.944. The minimum atomic E-state index is 0.604. The van der Waals surface area contributed by atoms with Crippen LogP contribution in [0.5, 0.6) is 5.88 Å². The van der Waals surface area contributed by atoms with Crippen LogP contribution in [-0.2, 0) is 0 Å². The van der Waals surface area contributed by atoms with Gasteiger partial charge in [0, 0.05) is 18.3 Å². The Morgan fingerprint density at radius 1 is 1.47 bits per heavy atom. The Balaban J connectivity index is 2.62. The van der Waals surface area contributed by atoms with Crippen molar-refractivity contribution in [2.75, 3.05) is 25.0 Å². The maximum atomic E-state index is 5.39. The molecule has 1 aromatic rings. The van der Waals surface area contributed by atoms with Crippen LogP contribution in [0.2, 0.25) is 0 Å². The van der Waals surface area contributed by atoms with Gasteiger partial charge in [-0.3, -0.25) is 0 Å². The van der Waals surface area contributed by atoms with E-state index in [-0.39, 0.29) is 0 Å². The lowest BCUT2D eigenvalue weighted by Crippen LogP contribution is -2.11. The second-order valence-electron chi connectivity index (χ2n) is 3.17. The first-order valence-corrected chi connectivity index (χ1v) is 5.18. The zero-order chi connectivity index (χ0) is 11.1. The molecule has 5 heteroatoms. The molecule has 0 aliphatic heterocycles. The summed E-state index contributed by atoms with van der Waals surface area (Å²) in [6, 6.07) is 1.82. The van der Waals surface area contributed by atoms with Crippen molar-refractivity contribution < 1.29 is 4.74 Å². The number of anilines is 1. The van der Waals surface area contributed by atoms with Gasteiger partial charge in [-0.2, -0.15) is 4.98 Å². The smallest absolute Gasteiger partial charge is 0.226 e. The zero-order valence-electron chi connectivity index (χ0n) is 9.29. The largest absolute Gasteiger partial charge is 0.478 e. The Hall–Kier alpha value is -1.36. The molecule has 0 fully saturated rings. The van der Waals surface area contributed by atoms with E-state index in [1.54, 1.807) is 0 Å². The summed E-state index contributed by atoms with van der Waals surface area (Å²) in [6.07, 6.45) is 0.904. The Kier molecular flexibility index (Phi) is 4.83. The van der Waals surface area contributed by atoms with Gasteiger partial charge >= 0.3 is 0 Å². The SMILES string of the molecule is CCOc1cc(C)nc(NCCCN)n1. The number of nitrogens with two attached hydrogens (primary N) is 1. The van der Waals surface area contributed by atoms with Gasteiger partial charge in [0.15, 0.2) is 0 Å². The lowest BCUT2D eigenvalue weighted by Gasteiger charge is -2.07. The van der Waals surface area contributed by atoms with Gasteiger partial charge < -0.3 is 15.8 Å². The van der Waals surface area contributed by atoms with Crippen LogP contribution in [-0.4, -0.2) is 29.7 Å². The highest BCUT2D eigenvalue weighted by molar-refractivity contribution is 5.30. The minimum absolute atomic E-state index is 0.604. The number of nitrogens with zero attached hydrogens (tertiary/aromatic N) is 2. The predicted molar refractivity (Wildman–Crippen MR) is 60.1 cm³/mol. The zero-order valence-corrected chi connectivity index (χ0v) is 9.29. The first-order valence-electron chi connectivity index (χ1n) is 5.18. The standard InChI is InChI=1S/C10H18N4O/c1-3-15-9-7-8(2)13-10(14-9)12-6-4-5-11/h7H,3-6,11H2,1-2H3,(H,12,13,14). The Morgan fingerprint density at radius 3 is 2.93 bits per heavy atom. The van der Waals surface area contributed by atoms with E-state index in [1.165, 1.54) is 0 Å². The molecule has 0 spiro atoms. The Bertz CT molecular complexity index is 303. The molecule has 0 bridgehead atoms. The molecular formula is C10H18N4O. The highest BCUT2D eigenvalue weighted by Gasteiger charge is 2.01. The van der Waals surface area contributed by atoms with E-state index in [1.807, 2.05) is 19.9 Å². The van der Waals surface area contributed by atoms with Gasteiger partial charge in [-0.25, -0.2) is 4.98 Å². The van der Waals surface area contributed by atoms with Gasteiger partial charge in [0.25, 0.3) is 0 Å². The molecule has 3 N–H and O–H groups in total. The first kappa shape index (κ1) is 11.7. The molecule has 84 valence electrons. The van der Waals surface area contributed by atoms with E-state index in [9.17, 15) is 0 Å². The average molecular weight is 210 g/mol. The summed E-state index contributed by atoms with van der Waals surface area (Å²) < 4.78 is 5.32. The monoisotopic (exact) mass is 210 g/mol. The number of nitrogens with one attached hydrogen (secondary N) is 1. The van der Waals surface area contributed by atoms with Crippen molar-refractivity contribution in [3.63, 3.8) is 0 Å². The lowest BCUT2D eigenvalue weighted by molar-refractivity contribution is 0.326. The highest BCUT2D eigenvalue weighted by Crippen LogP contribution is 2.11. The van der Waals surface area contributed by atoms with E-state index in [2.05, 4.69) is 15.3 Å². The number of aryl methyl sites for hydroxylation is 1. The topological polar surface area (TPSA) is 73.1 Å². The van der Waals surface area contributed by atoms with Gasteiger partial charge in [0.1, 0.15) is 0 Å². The maximum absolute atomic E-state index is 5.39. The number of ether oxygens (including phenoxy) is 1. The second kappa shape index (κ2) is 6.19.